The molecule has 1 aliphatic heterocycles. The number of rotatable bonds is 1. The Hall–Kier alpha value is -1.52. The number of likely N-dealkylation sites (tertiary alicyclic amines) is 1. The van der Waals surface area contributed by atoms with Gasteiger partial charge in [-0.1, -0.05) is 11.6 Å². The minimum Gasteiger partial charge on any atom is -0.393 e. The molecule has 19 heavy (non-hydrogen) atoms. The van der Waals surface area contributed by atoms with Crippen LogP contribution in [0.3, 0.4) is 0 Å². The van der Waals surface area contributed by atoms with Gasteiger partial charge in [0.2, 0.25) is 0 Å². The van der Waals surface area contributed by atoms with Crippen LogP contribution in [-0.2, 0) is 0 Å². The molecule has 2 aromatic rings. The number of nitrogens with one attached hydrogen (secondary N) is 1. The van der Waals surface area contributed by atoms with Crippen molar-refractivity contribution >= 4 is 28.4 Å². The Labute approximate surface area is 116 Å². The van der Waals surface area contributed by atoms with E-state index in [4.69, 9.17) is 11.6 Å². The highest BCUT2D eigenvalue weighted by atomic mass is 35.5. The molecule has 1 aromatic heterocycles. The van der Waals surface area contributed by atoms with Crippen LogP contribution in [-0.4, -0.2) is 40.1 Å². The summed E-state index contributed by atoms with van der Waals surface area (Å²) in [5.74, 6) is -0.0146. The number of aromatic nitrogens is 1. The lowest BCUT2D eigenvalue weighted by Gasteiger charge is -2.29. The Balaban J connectivity index is 1.85. The summed E-state index contributed by atoms with van der Waals surface area (Å²) in [6.45, 7) is 1.21. The van der Waals surface area contributed by atoms with Crippen molar-refractivity contribution in [3.63, 3.8) is 0 Å². The van der Waals surface area contributed by atoms with Crippen molar-refractivity contribution in [3.05, 3.63) is 35.0 Å². The molecule has 2 N–H and O–H groups in total. The average molecular weight is 279 g/mol. The van der Waals surface area contributed by atoms with Crippen LogP contribution >= 0.6 is 11.6 Å². The number of aliphatic hydroxyl groups is 1. The molecule has 3 rings (SSSR count). The van der Waals surface area contributed by atoms with E-state index >= 15 is 0 Å². The van der Waals surface area contributed by atoms with Gasteiger partial charge in [-0.2, -0.15) is 0 Å². The van der Waals surface area contributed by atoms with Crippen molar-refractivity contribution in [2.45, 2.75) is 18.9 Å². The summed E-state index contributed by atoms with van der Waals surface area (Å²) in [5.41, 5.74) is 1.48. The van der Waals surface area contributed by atoms with Crippen LogP contribution in [0.2, 0.25) is 5.02 Å². The largest absolute Gasteiger partial charge is 0.393 e. The number of aliphatic hydroxyl groups excluding tert-OH is 1. The zero-order chi connectivity index (χ0) is 13.4. The number of aromatic amines is 1. The monoisotopic (exact) mass is 278 g/mol. The number of carbonyl (C=O) groups excluding carboxylic acids is 1. The molecule has 4 nitrogen and oxygen atoms in total. The highest BCUT2D eigenvalue weighted by Crippen LogP contribution is 2.21. The molecule has 0 saturated carbocycles. The number of carbonyl (C=O) groups is 1. The second kappa shape index (κ2) is 4.87. The Kier molecular flexibility index (Phi) is 3.21. The van der Waals surface area contributed by atoms with Crippen molar-refractivity contribution in [2.75, 3.05) is 13.1 Å². The van der Waals surface area contributed by atoms with Gasteiger partial charge in [0.15, 0.2) is 0 Å². The molecule has 0 radical (unpaired) electrons. The van der Waals surface area contributed by atoms with E-state index in [1.807, 2.05) is 18.2 Å². The number of amides is 1. The average Bonchev–Trinajstić information content (AvgIpc) is 2.81. The van der Waals surface area contributed by atoms with Gasteiger partial charge in [0.25, 0.3) is 5.91 Å². The van der Waals surface area contributed by atoms with E-state index in [0.29, 0.717) is 36.6 Å². The fourth-order valence-corrected chi connectivity index (χ4v) is 2.64. The first-order valence-electron chi connectivity index (χ1n) is 6.39. The molecule has 0 bridgehead atoms. The van der Waals surface area contributed by atoms with Gasteiger partial charge < -0.3 is 15.0 Å². The molecule has 2 heterocycles. The third-order valence-corrected chi connectivity index (χ3v) is 3.80. The van der Waals surface area contributed by atoms with Crippen LogP contribution in [0.1, 0.15) is 23.3 Å². The first kappa shape index (κ1) is 12.5. The molecule has 0 spiro atoms. The van der Waals surface area contributed by atoms with Crippen LogP contribution in [0, 0.1) is 0 Å². The fourth-order valence-electron chi connectivity index (χ4n) is 2.46. The summed E-state index contributed by atoms with van der Waals surface area (Å²) < 4.78 is 0. The molecular formula is C14H15ClN2O2. The van der Waals surface area contributed by atoms with Gasteiger partial charge in [-0.05, 0) is 37.1 Å². The quantitative estimate of drug-likeness (QED) is 0.842. The van der Waals surface area contributed by atoms with E-state index < -0.39 is 0 Å². The molecular weight excluding hydrogens is 264 g/mol. The minimum absolute atomic E-state index is 0.0146. The maximum absolute atomic E-state index is 12.3. The Bertz CT molecular complexity index is 615. The number of H-pyrrole nitrogens is 1. The maximum Gasteiger partial charge on any atom is 0.270 e. The molecule has 5 heteroatoms. The van der Waals surface area contributed by atoms with E-state index in [2.05, 4.69) is 4.98 Å². The predicted molar refractivity (Wildman–Crippen MR) is 74.5 cm³/mol. The summed E-state index contributed by atoms with van der Waals surface area (Å²) in [6, 6.07) is 7.33. The maximum atomic E-state index is 12.3. The molecule has 0 unspecified atom stereocenters. The molecule has 0 atom stereocenters. The SMILES string of the molecule is O=C(c1cc2cc(Cl)ccc2[nH]1)N1CCC(O)CC1. The van der Waals surface area contributed by atoms with Gasteiger partial charge in [0.05, 0.1) is 6.10 Å². The molecule has 100 valence electrons. The normalized spacial score (nSPS) is 17.1. The smallest absolute Gasteiger partial charge is 0.270 e. The Morgan fingerprint density at radius 1 is 1.32 bits per heavy atom. The number of halogens is 1. The van der Waals surface area contributed by atoms with Crippen LogP contribution in [0.4, 0.5) is 0 Å². The summed E-state index contributed by atoms with van der Waals surface area (Å²) in [7, 11) is 0. The zero-order valence-corrected chi connectivity index (χ0v) is 11.2. The number of hydrogen-bond acceptors (Lipinski definition) is 2. The standard InChI is InChI=1S/C14H15ClN2O2/c15-10-1-2-12-9(7-10)8-13(16-12)14(19)17-5-3-11(18)4-6-17/h1-2,7-8,11,16,18H,3-6H2. The van der Waals surface area contributed by atoms with Gasteiger partial charge >= 0.3 is 0 Å². The van der Waals surface area contributed by atoms with Gasteiger partial charge in [-0.3, -0.25) is 4.79 Å². The molecule has 1 saturated heterocycles. The minimum atomic E-state index is -0.273. The van der Waals surface area contributed by atoms with Crippen LogP contribution in [0.15, 0.2) is 24.3 Å². The first-order chi connectivity index (χ1) is 9.13. The fraction of sp³-hybridized carbons (Fsp3) is 0.357. The van der Waals surface area contributed by atoms with Crippen LogP contribution in [0.5, 0.6) is 0 Å². The molecule has 1 aromatic carbocycles. The van der Waals surface area contributed by atoms with E-state index in [1.54, 1.807) is 11.0 Å². The number of benzene rings is 1. The van der Waals surface area contributed by atoms with Crippen molar-refractivity contribution in [1.29, 1.82) is 0 Å². The van der Waals surface area contributed by atoms with Crippen LogP contribution < -0.4 is 0 Å². The summed E-state index contributed by atoms with van der Waals surface area (Å²) in [5, 5.41) is 11.1. The number of nitrogens with zero attached hydrogens (tertiary/aromatic N) is 1. The Morgan fingerprint density at radius 2 is 2.05 bits per heavy atom. The molecule has 1 fully saturated rings. The lowest BCUT2D eigenvalue weighted by atomic mass is 10.1. The lowest BCUT2D eigenvalue weighted by Crippen LogP contribution is -2.40. The van der Waals surface area contributed by atoms with Crippen molar-refractivity contribution < 1.29 is 9.90 Å². The summed E-state index contributed by atoms with van der Waals surface area (Å²) >= 11 is 5.94. The first-order valence-corrected chi connectivity index (χ1v) is 6.77. The molecule has 1 aliphatic rings. The van der Waals surface area contributed by atoms with Gasteiger partial charge in [-0.15, -0.1) is 0 Å². The lowest BCUT2D eigenvalue weighted by molar-refractivity contribution is 0.0542. The number of fused-ring (bicyclic) bond motifs is 1. The third-order valence-electron chi connectivity index (χ3n) is 3.56. The van der Waals surface area contributed by atoms with E-state index in [-0.39, 0.29) is 12.0 Å². The predicted octanol–water partition coefficient (Wildman–Crippen LogP) is 2.42. The second-order valence-corrected chi connectivity index (χ2v) is 5.37. The summed E-state index contributed by atoms with van der Waals surface area (Å²) in [6.07, 6.45) is 1.03. The topological polar surface area (TPSA) is 56.3 Å². The second-order valence-electron chi connectivity index (χ2n) is 4.94. The molecule has 1 amide bonds. The highest BCUT2D eigenvalue weighted by molar-refractivity contribution is 6.31. The van der Waals surface area contributed by atoms with Crippen molar-refractivity contribution in [3.8, 4) is 0 Å². The highest BCUT2D eigenvalue weighted by Gasteiger charge is 2.23. The van der Waals surface area contributed by atoms with Gasteiger partial charge in [-0.25, -0.2) is 0 Å². The number of piperidine rings is 1. The van der Waals surface area contributed by atoms with Gasteiger partial charge in [0, 0.05) is 29.0 Å². The van der Waals surface area contributed by atoms with E-state index in [1.165, 1.54) is 0 Å². The Morgan fingerprint density at radius 3 is 2.79 bits per heavy atom. The van der Waals surface area contributed by atoms with Crippen molar-refractivity contribution in [1.82, 2.24) is 9.88 Å². The number of hydrogen-bond donors (Lipinski definition) is 2. The zero-order valence-electron chi connectivity index (χ0n) is 10.4. The van der Waals surface area contributed by atoms with Gasteiger partial charge in [0.1, 0.15) is 5.69 Å². The van der Waals surface area contributed by atoms with Crippen molar-refractivity contribution in [2.24, 2.45) is 0 Å². The molecule has 0 aliphatic carbocycles. The third kappa shape index (κ3) is 2.46. The van der Waals surface area contributed by atoms with Crippen LogP contribution in [0.25, 0.3) is 10.9 Å². The van der Waals surface area contributed by atoms with E-state index in [0.717, 1.165) is 10.9 Å². The summed E-state index contributed by atoms with van der Waals surface area (Å²) in [4.78, 5) is 17.2. The van der Waals surface area contributed by atoms with E-state index in [9.17, 15) is 9.90 Å².